The maximum atomic E-state index is 8.62. The van der Waals surface area contributed by atoms with Gasteiger partial charge in [0, 0.05) is 5.69 Å². The number of nitrogens with zero attached hydrogens (tertiary/aromatic N) is 2. The molecule has 2 N–H and O–H groups in total. The van der Waals surface area contributed by atoms with Crippen molar-refractivity contribution in [2.75, 3.05) is 5.73 Å². The number of aromatic nitrogens is 1. The van der Waals surface area contributed by atoms with Gasteiger partial charge in [-0.3, -0.25) is 0 Å². The highest BCUT2D eigenvalue weighted by atomic mass is 16.5. The lowest BCUT2D eigenvalue weighted by Crippen LogP contribution is -1.95. The van der Waals surface area contributed by atoms with E-state index in [0.29, 0.717) is 29.3 Å². The van der Waals surface area contributed by atoms with Gasteiger partial charge >= 0.3 is 0 Å². The van der Waals surface area contributed by atoms with Crippen LogP contribution in [0.2, 0.25) is 0 Å². The minimum absolute atomic E-state index is 0.242. The lowest BCUT2D eigenvalue weighted by Gasteiger charge is -2.03. The second-order valence-corrected chi connectivity index (χ2v) is 4.60. The second kappa shape index (κ2) is 5.55. The molecule has 0 saturated heterocycles. The van der Waals surface area contributed by atoms with E-state index in [-0.39, 0.29) is 6.61 Å². The summed E-state index contributed by atoms with van der Waals surface area (Å²) in [6.07, 6.45) is 0.396. The molecule has 3 aromatic rings. The standard InChI is InChI=1S/C16H13N3O2/c17-8-7-11-1-4-13(5-2-11)20-10-16-19-14-9-12(18)3-6-15(14)21-16/h1-6,9H,7,10,18H2. The first kappa shape index (κ1) is 13.0. The van der Waals surface area contributed by atoms with E-state index in [1.807, 2.05) is 24.3 Å². The fourth-order valence-corrected chi connectivity index (χ4v) is 1.99. The van der Waals surface area contributed by atoms with Gasteiger partial charge in [0.2, 0.25) is 5.89 Å². The number of benzene rings is 2. The number of rotatable bonds is 4. The van der Waals surface area contributed by atoms with Gasteiger partial charge in [-0.2, -0.15) is 5.26 Å². The molecular weight excluding hydrogens is 266 g/mol. The molecule has 0 bridgehead atoms. The van der Waals surface area contributed by atoms with E-state index in [4.69, 9.17) is 20.1 Å². The average molecular weight is 279 g/mol. The number of nitrogens with two attached hydrogens (primary N) is 1. The minimum Gasteiger partial charge on any atom is -0.484 e. The molecule has 0 aliphatic heterocycles. The van der Waals surface area contributed by atoms with Crippen molar-refractivity contribution in [2.45, 2.75) is 13.0 Å². The normalized spacial score (nSPS) is 10.4. The largest absolute Gasteiger partial charge is 0.484 e. The Morgan fingerprint density at radius 3 is 2.76 bits per heavy atom. The summed E-state index contributed by atoms with van der Waals surface area (Å²) in [5.41, 5.74) is 8.72. The zero-order valence-electron chi connectivity index (χ0n) is 11.2. The molecule has 0 radical (unpaired) electrons. The maximum Gasteiger partial charge on any atom is 0.233 e. The molecule has 0 aliphatic rings. The third-order valence-electron chi connectivity index (χ3n) is 3.02. The summed E-state index contributed by atoms with van der Waals surface area (Å²) in [5, 5.41) is 8.62. The third-order valence-corrected chi connectivity index (χ3v) is 3.02. The van der Waals surface area contributed by atoms with Crippen molar-refractivity contribution in [2.24, 2.45) is 0 Å². The predicted molar refractivity (Wildman–Crippen MR) is 78.5 cm³/mol. The number of nitrogen functional groups attached to an aromatic ring is 1. The van der Waals surface area contributed by atoms with Gasteiger partial charge in [-0.05, 0) is 35.9 Å². The van der Waals surface area contributed by atoms with Crippen LogP contribution >= 0.6 is 0 Å². The Bertz CT molecular complexity index is 800. The van der Waals surface area contributed by atoms with E-state index in [1.165, 1.54) is 0 Å². The van der Waals surface area contributed by atoms with Crippen LogP contribution in [0.5, 0.6) is 5.75 Å². The average Bonchev–Trinajstić information content (AvgIpc) is 2.89. The minimum atomic E-state index is 0.242. The third kappa shape index (κ3) is 2.95. The first-order chi connectivity index (χ1) is 10.2. The Hall–Kier alpha value is -3.00. The van der Waals surface area contributed by atoms with Gasteiger partial charge in [0.15, 0.2) is 12.2 Å². The molecule has 1 heterocycles. The summed E-state index contributed by atoms with van der Waals surface area (Å²) in [6, 6.07) is 14.8. The maximum absolute atomic E-state index is 8.62. The fraction of sp³-hybridized carbons (Fsp3) is 0.125. The van der Waals surface area contributed by atoms with Crippen LogP contribution in [0.1, 0.15) is 11.5 Å². The molecule has 0 atom stereocenters. The summed E-state index contributed by atoms with van der Waals surface area (Å²) in [4.78, 5) is 4.32. The molecule has 2 aromatic carbocycles. The van der Waals surface area contributed by atoms with E-state index in [9.17, 15) is 0 Å². The summed E-state index contributed by atoms with van der Waals surface area (Å²) < 4.78 is 11.2. The van der Waals surface area contributed by atoms with Crippen molar-refractivity contribution < 1.29 is 9.15 Å². The van der Waals surface area contributed by atoms with E-state index in [2.05, 4.69) is 11.1 Å². The van der Waals surface area contributed by atoms with Crippen LogP contribution in [-0.2, 0) is 13.0 Å². The number of anilines is 1. The predicted octanol–water partition coefficient (Wildman–Crippen LogP) is 3.06. The van der Waals surface area contributed by atoms with Crippen LogP contribution in [0.3, 0.4) is 0 Å². The van der Waals surface area contributed by atoms with E-state index in [0.717, 1.165) is 11.1 Å². The number of fused-ring (bicyclic) bond motifs is 1. The van der Waals surface area contributed by atoms with Gasteiger partial charge in [0.05, 0.1) is 12.5 Å². The van der Waals surface area contributed by atoms with Gasteiger partial charge in [-0.1, -0.05) is 12.1 Å². The SMILES string of the molecule is N#CCc1ccc(OCc2nc3cc(N)ccc3o2)cc1. The fourth-order valence-electron chi connectivity index (χ4n) is 1.99. The molecule has 104 valence electrons. The van der Waals surface area contributed by atoms with Crippen molar-refractivity contribution in [1.29, 1.82) is 5.26 Å². The molecule has 5 heteroatoms. The highest BCUT2D eigenvalue weighted by molar-refractivity contribution is 5.76. The molecule has 1 aromatic heterocycles. The summed E-state index contributed by atoms with van der Waals surface area (Å²) >= 11 is 0. The number of hydrogen-bond donors (Lipinski definition) is 1. The molecule has 21 heavy (non-hydrogen) atoms. The smallest absolute Gasteiger partial charge is 0.233 e. The Morgan fingerprint density at radius 1 is 1.19 bits per heavy atom. The second-order valence-electron chi connectivity index (χ2n) is 4.60. The van der Waals surface area contributed by atoms with Crippen LogP contribution in [0.4, 0.5) is 5.69 Å². The Morgan fingerprint density at radius 2 is 2.00 bits per heavy atom. The van der Waals surface area contributed by atoms with Gasteiger partial charge in [-0.25, -0.2) is 4.98 Å². The molecule has 3 rings (SSSR count). The van der Waals surface area contributed by atoms with Crippen LogP contribution in [0, 0.1) is 11.3 Å². The lowest BCUT2D eigenvalue weighted by atomic mass is 10.2. The van der Waals surface area contributed by atoms with Crippen LogP contribution in [-0.4, -0.2) is 4.98 Å². The first-order valence-electron chi connectivity index (χ1n) is 6.48. The molecular formula is C16H13N3O2. The zero-order chi connectivity index (χ0) is 14.7. The van der Waals surface area contributed by atoms with Crippen molar-refractivity contribution in [3.8, 4) is 11.8 Å². The van der Waals surface area contributed by atoms with Crippen LogP contribution < -0.4 is 10.5 Å². The van der Waals surface area contributed by atoms with E-state index < -0.39 is 0 Å². The van der Waals surface area contributed by atoms with E-state index >= 15 is 0 Å². The molecule has 0 saturated carbocycles. The quantitative estimate of drug-likeness (QED) is 0.742. The van der Waals surface area contributed by atoms with Crippen molar-refractivity contribution in [3.05, 3.63) is 53.9 Å². The lowest BCUT2D eigenvalue weighted by molar-refractivity contribution is 0.267. The van der Waals surface area contributed by atoms with Crippen molar-refractivity contribution in [3.63, 3.8) is 0 Å². The summed E-state index contributed by atoms with van der Waals surface area (Å²) in [7, 11) is 0. The number of ether oxygens (including phenoxy) is 1. The topological polar surface area (TPSA) is 85.1 Å². The summed E-state index contributed by atoms with van der Waals surface area (Å²) in [5.74, 6) is 1.20. The highest BCUT2D eigenvalue weighted by Crippen LogP contribution is 2.20. The monoisotopic (exact) mass is 279 g/mol. The molecule has 0 fully saturated rings. The van der Waals surface area contributed by atoms with Gasteiger partial charge in [-0.15, -0.1) is 0 Å². The Labute approximate surface area is 121 Å². The number of hydrogen-bond acceptors (Lipinski definition) is 5. The molecule has 0 aliphatic carbocycles. The zero-order valence-corrected chi connectivity index (χ0v) is 11.2. The number of nitriles is 1. The van der Waals surface area contributed by atoms with Crippen molar-refractivity contribution >= 4 is 16.8 Å². The Balaban J connectivity index is 1.69. The molecule has 0 spiro atoms. The van der Waals surface area contributed by atoms with E-state index in [1.54, 1.807) is 18.2 Å². The van der Waals surface area contributed by atoms with Gasteiger partial charge in [0.1, 0.15) is 11.3 Å². The van der Waals surface area contributed by atoms with Crippen molar-refractivity contribution in [1.82, 2.24) is 4.98 Å². The van der Waals surface area contributed by atoms with Crippen LogP contribution in [0.25, 0.3) is 11.1 Å². The first-order valence-corrected chi connectivity index (χ1v) is 6.48. The van der Waals surface area contributed by atoms with Crippen LogP contribution in [0.15, 0.2) is 46.9 Å². The van der Waals surface area contributed by atoms with Gasteiger partial charge < -0.3 is 14.9 Å². The molecule has 5 nitrogen and oxygen atoms in total. The number of oxazole rings is 1. The summed E-state index contributed by atoms with van der Waals surface area (Å²) in [6.45, 7) is 0.242. The highest BCUT2D eigenvalue weighted by Gasteiger charge is 2.06. The van der Waals surface area contributed by atoms with Gasteiger partial charge in [0.25, 0.3) is 0 Å². The molecule has 0 amide bonds. The Kier molecular flexibility index (Phi) is 3.44. The molecule has 0 unspecified atom stereocenters.